The van der Waals surface area contributed by atoms with Crippen molar-refractivity contribution in [1.29, 1.82) is 0 Å². The summed E-state index contributed by atoms with van der Waals surface area (Å²) < 4.78 is 16.4. The highest BCUT2D eigenvalue weighted by molar-refractivity contribution is 9.10. The van der Waals surface area contributed by atoms with E-state index in [0.717, 1.165) is 0 Å². The van der Waals surface area contributed by atoms with Gasteiger partial charge in [0.2, 0.25) is 0 Å². The van der Waals surface area contributed by atoms with E-state index >= 15 is 0 Å². The molecule has 0 saturated heterocycles. The molecule has 0 saturated carbocycles. The van der Waals surface area contributed by atoms with Crippen molar-refractivity contribution < 1.29 is 23.5 Å². The fourth-order valence-electron chi connectivity index (χ4n) is 2.46. The molecular weight excluding hydrogens is 404 g/mol. The smallest absolute Gasteiger partial charge is 0.351 e. The van der Waals surface area contributed by atoms with Gasteiger partial charge in [-0.2, -0.15) is 0 Å². The van der Waals surface area contributed by atoms with Gasteiger partial charge in [0, 0.05) is 9.86 Å². The van der Waals surface area contributed by atoms with Gasteiger partial charge in [0.25, 0.3) is 0 Å². The topological polar surface area (TPSA) is 82.8 Å². The average Bonchev–Trinajstić information content (AvgIpc) is 2.61. The molecule has 0 radical (unpaired) electrons. The molecule has 0 aliphatic heterocycles. The van der Waals surface area contributed by atoms with Crippen molar-refractivity contribution in [2.45, 2.75) is 6.92 Å². The van der Waals surface area contributed by atoms with E-state index in [2.05, 4.69) is 15.9 Å². The normalized spacial score (nSPS) is 10.6. The van der Waals surface area contributed by atoms with Crippen molar-refractivity contribution in [3.8, 4) is 11.5 Å². The Bertz CT molecular complexity index is 1080. The Kier molecular flexibility index (Phi) is 4.90. The predicted molar refractivity (Wildman–Crippen MR) is 98.1 cm³/mol. The van der Waals surface area contributed by atoms with E-state index < -0.39 is 11.6 Å². The number of halogens is 1. The molecule has 0 atom stereocenters. The maximum atomic E-state index is 12.5. The lowest BCUT2D eigenvalue weighted by Crippen LogP contribution is -2.19. The maximum Gasteiger partial charge on any atom is 0.351 e. The Morgan fingerprint density at radius 1 is 1.04 bits per heavy atom. The van der Waals surface area contributed by atoms with Crippen LogP contribution >= 0.6 is 15.9 Å². The molecular formula is C19H13BrO6. The number of esters is 1. The zero-order chi connectivity index (χ0) is 18.8. The van der Waals surface area contributed by atoms with E-state index in [4.69, 9.17) is 13.9 Å². The third kappa shape index (κ3) is 3.39. The number of Topliss-reactive ketones (excluding diaryl/α,β-unsaturated/α-hetero) is 1. The summed E-state index contributed by atoms with van der Waals surface area (Å²) in [4.78, 5) is 36.3. The Labute approximate surface area is 156 Å². The number of hydrogen-bond donors (Lipinski definition) is 0. The minimum Gasteiger partial charge on any atom is -0.493 e. The fraction of sp³-hybridized carbons (Fsp3) is 0.105. The van der Waals surface area contributed by atoms with Gasteiger partial charge in [-0.15, -0.1) is 0 Å². The highest BCUT2D eigenvalue weighted by Crippen LogP contribution is 2.30. The fourth-order valence-corrected chi connectivity index (χ4v) is 2.92. The zero-order valence-corrected chi connectivity index (χ0v) is 15.5. The molecule has 2 aromatic carbocycles. The van der Waals surface area contributed by atoms with Crippen LogP contribution in [0.15, 0.2) is 56.1 Å². The molecule has 0 bridgehead atoms. The van der Waals surface area contributed by atoms with Crippen LogP contribution in [0.5, 0.6) is 11.5 Å². The Hall–Kier alpha value is -2.93. The van der Waals surface area contributed by atoms with Crippen LogP contribution < -0.4 is 15.1 Å². The summed E-state index contributed by atoms with van der Waals surface area (Å²) in [6.45, 7) is 1.36. The van der Waals surface area contributed by atoms with Crippen LogP contribution in [0.2, 0.25) is 0 Å². The molecule has 26 heavy (non-hydrogen) atoms. The number of rotatable bonds is 4. The lowest BCUT2D eigenvalue weighted by Gasteiger charge is -2.09. The number of fused-ring (bicyclic) bond motifs is 1. The highest BCUT2D eigenvalue weighted by Gasteiger charge is 2.20. The van der Waals surface area contributed by atoms with E-state index in [0.29, 0.717) is 15.6 Å². The number of ether oxygens (including phenoxy) is 2. The van der Waals surface area contributed by atoms with Crippen molar-refractivity contribution in [2.75, 3.05) is 7.11 Å². The summed E-state index contributed by atoms with van der Waals surface area (Å²) in [5.41, 5.74) is -0.670. The first-order valence-electron chi connectivity index (χ1n) is 7.54. The minimum absolute atomic E-state index is 0.0799. The second kappa shape index (κ2) is 7.13. The molecule has 0 aliphatic rings. The van der Waals surface area contributed by atoms with E-state index in [-0.39, 0.29) is 28.2 Å². The van der Waals surface area contributed by atoms with Gasteiger partial charge in [0.05, 0.1) is 12.7 Å². The number of para-hydroxylation sites is 1. The van der Waals surface area contributed by atoms with Crippen LogP contribution in [0, 0.1) is 0 Å². The number of benzene rings is 2. The molecule has 3 aromatic rings. The molecule has 132 valence electrons. The quantitative estimate of drug-likeness (QED) is 0.276. The van der Waals surface area contributed by atoms with Gasteiger partial charge in [0.1, 0.15) is 11.3 Å². The summed E-state index contributed by atoms with van der Waals surface area (Å²) in [6.07, 6.45) is 0. The minimum atomic E-state index is -0.909. The van der Waals surface area contributed by atoms with Gasteiger partial charge in [-0.25, -0.2) is 9.59 Å². The van der Waals surface area contributed by atoms with Crippen molar-refractivity contribution in [2.24, 2.45) is 0 Å². The van der Waals surface area contributed by atoms with E-state index in [1.54, 1.807) is 24.3 Å². The van der Waals surface area contributed by atoms with Crippen molar-refractivity contribution in [1.82, 2.24) is 0 Å². The van der Waals surface area contributed by atoms with Crippen molar-refractivity contribution in [3.63, 3.8) is 0 Å². The standard InChI is InChI=1S/C19H13BrO6/c1-10(21)13-5-3-4-6-15(13)25-18(22)14-8-11-7-12(20)9-16(24-2)17(11)26-19(14)23/h3-9H,1-2H3. The number of ketones is 1. The second-order valence-electron chi connectivity index (χ2n) is 5.42. The summed E-state index contributed by atoms with van der Waals surface area (Å²) in [6, 6.07) is 11.0. The SMILES string of the molecule is COc1cc(Br)cc2cc(C(=O)Oc3ccccc3C(C)=O)c(=O)oc12. The second-order valence-corrected chi connectivity index (χ2v) is 6.33. The highest BCUT2D eigenvalue weighted by atomic mass is 79.9. The first kappa shape index (κ1) is 17.9. The largest absolute Gasteiger partial charge is 0.493 e. The first-order chi connectivity index (χ1) is 12.4. The third-order valence-electron chi connectivity index (χ3n) is 3.67. The van der Waals surface area contributed by atoms with Gasteiger partial charge >= 0.3 is 11.6 Å². The van der Waals surface area contributed by atoms with Gasteiger partial charge in [0.15, 0.2) is 17.1 Å². The number of methoxy groups -OCH3 is 1. The first-order valence-corrected chi connectivity index (χ1v) is 8.33. The molecule has 0 N–H and O–H groups in total. The van der Waals surface area contributed by atoms with Crippen LogP contribution in [0.3, 0.4) is 0 Å². The molecule has 7 heteroatoms. The van der Waals surface area contributed by atoms with Crippen LogP contribution in [0.1, 0.15) is 27.6 Å². The summed E-state index contributed by atoms with van der Waals surface area (Å²) in [5.74, 6) is -0.731. The molecule has 0 spiro atoms. The molecule has 3 rings (SSSR count). The summed E-state index contributed by atoms with van der Waals surface area (Å²) in [5, 5.41) is 0.489. The Balaban J connectivity index is 2.06. The molecule has 0 fully saturated rings. The molecule has 0 unspecified atom stereocenters. The molecule has 0 aliphatic carbocycles. The lowest BCUT2D eigenvalue weighted by molar-refractivity contribution is 0.0728. The van der Waals surface area contributed by atoms with Gasteiger partial charge in [-0.1, -0.05) is 28.1 Å². The predicted octanol–water partition coefficient (Wildman–Crippen LogP) is 3.99. The van der Waals surface area contributed by atoms with Crippen LogP contribution in [-0.2, 0) is 0 Å². The number of hydrogen-bond acceptors (Lipinski definition) is 6. The average molecular weight is 417 g/mol. The van der Waals surface area contributed by atoms with E-state index in [1.165, 1.54) is 32.2 Å². The van der Waals surface area contributed by atoms with E-state index in [9.17, 15) is 14.4 Å². The van der Waals surface area contributed by atoms with Crippen LogP contribution in [0.4, 0.5) is 0 Å². The van der Waals surface area contributed by atoms with Crippen LogP contribution in [-0.4, -0.2) is 18.9 Å². The number of carbonyl (C=O) groups excluding carboxylic acids is 2. The molecule has 6 nitrogen and oxygen atoms in total. The third-order valence-corrected chi connectivity index (χ3v) is 4.13. The van der Waals surface area contributed by atoms with Crippen molar-refractivity contribution in [3.05, 3.63) is 68.5 Å². The van der Waals surface area contributed by atoms with Crippen molar-refractivity contribution >= 4 is 38.7 Å². The Morgan fingerprint density at radius 3 is 2.46 bits per heavy atom. The molecule has 1 heterocycles. The summed E-state index contributed by atoms with van der Waals surface area (Å²) in [7, 11) is 1.45. The van der Waals surface area contributed by atoms with Gasteiger partial charge in [-0.05, 0) is 37.3 Å². The Morgan fingerprint density at radius 2 is 1.77 bits per heavy atom. The summed E-state index contributed by atoms with van der Waals surface area (Å²) >= 11 is 3.33. The maximum absolute atomic E-state index is 12.5. The zero-order valence-electron chi connectivity index (χ0n) is 13.9. The molecule has 1 aromatic heterocycles. The van der Waals surface area contributed by atoms with Gasteiger partial charge < -0.3 is 13.9 Å². The molecule has 0 amide bonds. The van der Waals surface area contributed by atoms with Gasteiger partial charge in [-0.3, -0.25) is 4.79 Å². The van der Waals surface area contributed by atoms with Crippen LogP contribution in [0.25, 0.3) is 11.0 Å². The van der Waals surface area contributed by atoms with E-state index in [1.807, 2.05) is 0 Å². The lowest BCUT2D eigenvalue weighted by atomic mass is 10.1. The number of carbonyl (C=O) groups is 2. The monoisotopic (exact) mass is 416 g/mol.